The third-order valence-corrected chi connectivity index (χ3v) is 2.43. The van der Waals surface area contributed by atoms with Gasteiger partial charge in [0.1, 0.15) is 0 Å². The Morgan fingerprint density at radius 1 is 1.73 bits per heavy atom. The van der Waals surface area contributed by atoms with Gasteiger partial charge >= 0.3 is 5.97 Å². The summed E-state index contributed by atoms with van der Waals surface area (Å²) in [5, 5.41) is 14.0. The molecule has 0 spiro atoms. The molecule has 5 heteroatoms. The number of carbonyl (C=O) groups excluding carboxylic acids is 1. The number of hydrogen-bond acceptors (Lipinski definition) is 4. The molecule has 0 fully saturated rings. The Labute approximate surface area is 88.7 Å². The predicted octanol–water partition coefficient (Wildman–Crippen LogP) is 0.499. The van der Waals surface area contributed by atoms with Crippen LogP contribution in [0.2, 0.25) is 0 Å². The molecule has 1 rings (SSSR count). The lowest BCUT2D eigenvalue weighted by Gasteiger charge is -2.20. The molecule has 5 nitrogen and oxygen atoms in total. The Balaban J connectivity index is 3.05. The first-order chi connectivity index (χ1) is 6.91. The van der Waals surface area contributed by atoms with Gasteiger partial charge in [0.25, 0.3) is 0 Å². The van der Waals surface area contributed by atoms with Gasteiger partial charge in [0.15, 0.2) is 5.60 Å². The quantitative estimate of drug-likeness (QED) is 0.741. The summed E-state index contributed by atoms with van der Waals surface area (Å²) in [6, 6.07) is 0. The second-order valence-corrected chi connectivity index (χ2v) is 3.56. The van der Waals surface area contributed by atoms with Crippen molar-refractivity contribution >= 4 is 5.97 Å². The van der Waals surface area contributed by atoms with Gasteiger partial charge in [-0.1, -0.05) is 0 Å². The average Bonchev–Trinajstić information content (AvgIpc) is 2.48. The van der Waals surface area contributed by atoms with E-state index in [0.29, 0.717) is 5.56 Å². The summed E-state index contributed by atoms with van der Waals surface area (Å²) < 4.78 is 6.40. The van der Waals surface area contributed by atoms with Crippen LogP contribution >= 0.6 is 0 Å². The first-order valence-electron chi connectivity index (χ1n) is 4.80. The van der Waals surface area contributed by atoms with Crippen molar-refractivity contribution in [2.75, 3.05) is 6.61 Å². The summed E-state index contributed by atoms with van der Waals surface area (Å²) >= 11 is 0. The van der Waals surface area contributed by atoms with Gasteiger partial charge in [-0.15, -0.1) is 0 Å². The standard InChI is InChI=1S/C10H16N2O3/c1-5-15-9(13)10(3,14)8-6-11-12(4)7(8)2/h6,14H,5H2,1-4H3. The largest absolute Gasteiger partial charge is 0.464 e. The van der Waals surface area contributed by atoms with Gasteiger partial charge in [-0.05, 0) is 20.8 Å². The normalized spacial score (nSPS) is 14.7. The molecular weight excluding hydrogens is 196 g/mol. The summed E-state index contributed by atoms with van der Waals surface area (Å²) in [6.07, 6.45) is 1.48. The van der Waals surface area contributed by atoms with Crippen molar-refractivity contribution in [2.24, 2.45) is 7.05 Å². The lowest BCUT2D eigenvalue weighted by Crippen LogP contribution is -2.34. The number of esters is 1. The molecule has 0 aromatic carbocycles. The fourth-order valence-corrected chi connectivity index (χ4v) is 1.36. The van der Waals surface area contributed by atoms with Crippen molar-refractivity contribution in [1.82, 2.24) is 9.78 Å². The second kappa shape index (κ2) is 4.02. The highest BCUT2D eigenvalue weighted by Gasteiger charge is 2.36. The zero-order valence-corrected chi connectivity index (χ0v) is 9.44. The van der Waals surface area contributed by atoms with Crippen LogP contribution in [0.5, 0.6) is 0 Å². The fraction of sp³-hybridized carbons (Fsp3) is 0.600. The van der Waals surface area contributed by atoms with Crippen LogP contribution in [0.4, 0.5) is 0 Å². The highest BCUT2D eigenvalue weighted by Crippen LogP contribution is 2.24. The maximum Gasteiger partial charge on any atom is 0.342 e. The molecule has 0 saturated carbocycles. The lowest BCUT2D eigenvalue weighted by molar-refractivity contribution is -0.164. The fourth-order valence-electron chi connectivity index (χ4n) is 1.36. The summed E-state index contributed by atoms with van der Waals surface area (Å²) in [7, 11) is 1.75. The number of ether oxygens (including phenoxy) is 1. The Morgan fingerprint density at radius 2 is 2.33 bits per heavy atom. The molecule has 1 aromatic heterocycles. The molecule has 0 aliphatic rings. The molecule has 0 aliphatic heterocycles. The number of rotatable bonds is 3. The lowest BCUT2D eigenvalue weighted by atomic mass is 9.97. The Kier molecular flexibility index (Phi) is 3.14. The number of aryl methyl sites for hydroxylation is 1. The average molecular weight is 212 g/mol. The molecule has 1 heterocycles. The maximum absolute atomic E-state index is 11.5. The molecule has 0 aliphatic carbocycles. The highest BCUT2D eigenvalue weighted by atomic mass is 16.5. The molecule has 1 unspecified atom stereocenters. The molecule has 15 heavy (non-hydrogen) atoms. The van der Waals surface area contributed by atoms with Gasteiger partial charge in [0.05, 0.1) is 12.8 Å². The Morgan fingerprint density at radius 3 is 2.73 bits per heavy atom. The third-order valence-electron chi connectivity index (χ3n) is 2.43. The van der Waals surface area contributed by atoms with Crippen molar-refractivity contribution < 1.29 is 14.6 Å². The SMILES string of the molecule is CCOC(=O)C(C)(O)c1cnn(C)c1C. The van der Waals surface area contributed by atoms with E-state index in [2.05, 4.69) is 5.10 Å². The smallest absolute Gasteiger partial charge is 0.342 e. The van der Waals surface area contributed by atoms with E-state index in [1.165, 1.54) is 13.1 Å². The van der Waals surface area contributed by atoms with E-state index in [0.717, 1.165) is 5.69 Å². The molecule has 0 amide bonds. The molecule has 0 saturated heterocycles. The molecule has 0 bridgehead atoms. The monoisotopic (exact) mass is 212 g/mol. The Hall–Kier alpha value is -1.36. The van der Waals surface area contributed by atoms with E-state index >= 15 is 0 Å². The number of carbonyl (C=O) groups is 1. The summed E-state index contributed by atoms with van der Waals surface area (Å²) in [5.74, 6) is -0.652. The summed E-state index contributed by atoms with van der Waals surface area (Å²) in [5.41, 5.74) is -0.412. The van der Waals surface area contributed by atoms with Gasteiger partial charge in [-0.2, -0.15) is 5.10 Å². The molecular formula is C10H16N2O3. The van der Waals surface area contributed by atoms with Crippen molar-refractivity contribution in [3.8, 4) is 0 Å². The van der Waals surface area contributed by atoms with Crippen LogP contribution in [0.3, 0.4) is 0 Å². The molecule has 84 valence electrons. The van der Waals surface area contributed by atoms with Crippen molar-refractivity contribution in [3.63, 3.8) is 0 Å². The van der Waals surface area contributed by atoms with E-state index < -0.39 is 11.6 Å². The predicted molar refractivity (Wildman–Crippen MR) is 54.1 cm³/mol. The van der Waals surface area contributed by atoms with Gasteiger partial charge in [0.2, 0.25) is 0 Å². The van der Waals surface area contributed by atoms with Gasteiger partial charge < -0.3 is 9.84 Å². The number of hydrogen-bond donors (Lipinski definition) is 1. The van der Waals surface area contributed by atoms with Crippen molar-refractivity contribution in [2.45, 2.75) is 26.4 Å². The minimum Gasteiger partial charge on any atom is -0.464 e. The molecule has 1 N–H and O–H groups in total. The van der Waals surface area contributed by atoms with E-state index in [-0.39, 0.29) is 6.61 Å². The highest BCUT2D eigenvalue weighted by molar-refractivity contribution is 5.80. The van der Waals surface area contributed by atoms with Crippen molar-refractivity contribution in [3.05, 3.63) is 17.5 Å². The molecule has 0 radical (unpaired) electrons. The van der Waals surface area contributed by atoms with E-state index in [9.17, 15) is 9.90 Å². The number of aromatic nitrogens is 2. The minimum absolute atomic E-state index is 0.244. The van der Waals surface area contributed by atoms with Crippen LogP contribution in [0.15, 0.2) is 6.20 Å². The first-order valence-corrected chi connectivity index (χ1v) is 4.80. The van der Waals surface area contributed by atoms with E-state index in [4.69, 9.17) is 4.74 Å². The van der Waals surface area contributed by atoms with Gasteiger partial charge in [-0.25, -0.2) is 4.79 Å². The van der Waals surface area contributed by atoms with Gasteiger partial charge in [0, 0.05) is 18.3 Å². The zero-order chi connectivity index (χ0) is 11.6. The van der Waals surface area contributed by atoms with Crippen LogP contribution in [-0.4, -0.2) is 27.5 Å². The van der Waals surface area contributed by atoms with Crippen LogP contribution < -0.4 is 0 Å². The van der Waals surface area contributed by atoms with Crippen LogP contribution in [-0.2, 0) is 22.2 Å². The summed E-state index contributed by atoms with van der Waals surface area (Å²) in [4.78, 5) is 11.5. The van der Waals surface area contributed by atoms with Crippen LogP contribution in [0, 0.1) is 6.92 Å². The maximum atomic E-state index is 11.5. The van der Waals surface area contributed by atoms with Crippen LogP contribution in [0.1, 0.15) is 25.1 Å². The third kappa shape index (κ3) is 2.02. The zero-order valence-electron chi connectivity index (χ0n) is 9.44. The van der Waals surface area contributed by atoms with E-state index in [1.807, 2.05) is 0 Å². The number of nitrogens with zero attached hydrogens (tertiary/aromatic N) is 2. The first kappa shape index (κ1) is 11.7. The summed E-state index contributed by atoms with van der Waals surface area (Å²) in [6.45, 7) is 5.14. The Bertz CT molecular complexity index is 369. The molecule has 1 aromatic rings. The topological polar surface area (TPSA) is 64.3 Å². The van der Waals surface area contributed by atoms with Crippen molar-refractivity contribution in [1.29, 1.82) is 0 Å². The number of aliphatic hydroxyl groups is 1. The van der Waals surface area contributed by atoms with E-state index in [1.54, 1.807) is 25.6 Å². The minimum atomic E-state index is -1.63. The molecule has 1 atom stereocenters. The second-order valence-electron chi connectivity index (χ2n) is 3.56. The van der Waals surface area contributed by atoms with Crippen LogP contribution in [0.25, 0.3) is 0 Å². The van der Waals surface area contributed by atoms with Gasteiger partial charge in [-0.3, -0.25) is 4.68 Å².